The second-order valence-corrected chi connectivity index (χ2v) is 7.89. The van der Waals surface area contributed by atoms with Crippen LogP contribution in [0.3, 0.4) is 0 Å². The number of hydrogen-bond donors (Lipinski definition) is 2. The fourth-order valence-corrected chi connectivity index (χ4v) is 3.75. The maximum Gasteiger partial charge on any atom is 0.340 e. The van der Waals surface area contributed by atoms with Crippen LogP contribution in [0.2, 0.25) is 0 Å². The van der Waals surface area contributed by atoms with Crippen LogP contribution in [-0.2, 0) is 10.0 Å². The molecule has 0 spiro atoms. The Labute approximate surface area is 123 Å². The van der Waals surface area contributed by atoms with Crippen molar-refractivity contribution in [1.29, 1.82) is 0 Å². The second kappa shape index (κ2) is 5.27. The summed E-state index contributed by atoms with van der Waals surface area (Å²) in [5.74, 6) is -1.31. The Bertz CT molecular complexity index is 683. The first-order valence-electron chi connectivity index (χ1n) is 6.60. The number of carboxylic acids is 1. The number of H-pyrrole nitrogens is 1. The minimum Gasteiger partial charge on any atom is -0.478 e. The molecule has 1 aromatic rings. The summed E-state index contributed by atoms with van der Waals surface area (Å²) < 4.78 is 26.3. The lowest BCUT2D eigenvalue weighted by Gasteiger charge is -2.31. The molecule has 2 rings (SSSR count). The summed E-state index contributed by atoms with van der Waals surface area (Å²) in [5.41, 5.74) is 0.883. The number of nitrogens with zero attached hydrogens (tertiary/aromatic N) is 2. The molecule has 0 fully saturated rings. The highest BCUT2D eigenvalue weighted by molar-refractivity contribution is 7.89. The number of sulfonamides is 1. The van der Waals surface area contributed by atoms with Gasteiger partial charge in [-0.3, -0.25) is 5.10 Å². The molecular formula is C13H19N3O4S. The van der Waals surface area contributed by atoms with Crippen molar-refractivity contribution in [3.8, 4) is 0 Å². The van der Waals surface area contributed by atoms with Gasteiger partial charge in [0, 0.05) is 13.1 Å². The SMILES string of the molecule is CC(C)(C)C1=CCN(S(=O)(=O)c2[nH]ncc2C(=O)O)CC1. The number of aromatic nitrogens is 2. The highest BCUT2D eigenvalue weighted by atomic mass is 32.2. The predicted octanol–water partition coefficient (Wildman–Crippen LogP) is 1.47. The van der Waals surface area contributed by atoms with Crippen molar-refractivity contribution >= 4 is 16.0 Å². The van der Waals surface area contributed by atoms with Crippen LogP contribution in [-0.4, -0.2) is 47.1 Å². The van der Waals surface area contributed by atoms with Gasteiger partial charge in [0.25, 0.3) is 10.0 Å². The number of aromatic carboxylic acids is 1. The molecule has 0 aliphatic carbocycles. The van der Waals surface area contributed by atoms with E-state index in [1.807, 2.05) is 6.08 Å². The number of nitrogens with one attached hydrogen (secondary N) is 1. The maximum atomic E-state index is 12.5. The van der Waals surface area contributed by atoms with E-state index >= 15 is 0 Å². The summed E-state index contributed by atoms with van der Waals surface area (Å²) in [6.45, 7) is 6.83. The van der Waals surface area contributed by atoms with Crippen LogP contribution in [0.15, 0.2) is 22.9 Å². The summed E-state index contributed by atoms with van der Waals surface area (Å²) in [4.78, 5) is 11.0. The topological polar surface area (TPSA) is 103 Å². The van der Waals surface area contributed by atoms with Crippen molar-refractivity contribution in [2.45, 2.75) is 32.2 Å². The summed E-state index contributed by atoms with van der Waals surface area (Å²) in [5, 5.41) is 14.5. The first kappa shape index (κ1) is 15.7. The van der Waals surface area contributed by atoms with E-state index in [1.165, 1.54) is 9.88 Å². The Hall–Kier alpha value is -1.67. The van der Waals surface area contributed by atoms with Gasteiger partial charge >= 0.3 is 5.97 Å². The lowest BCUT2D eigenvalue weighted by Crippen LogP contribution is -2.37. The fourth-order valence-electron chi connectivity index (χ4n) is 2.30. The van der Waals surface area contributed by atoms with Gasteiger partial charge in [0.05, 0.1) is 6.20 Å². The molecule has 0 atom stereocenters. The van der Waals surface area contributed by atoms with E-state index in [9.17, 15) is 13.2 Å². The molecule has 0 aromatic carbocycles. The molecule has 7 nitrogen and oxygen atoms in total. The minimum absolute atomic E-state index is 0.00998. The van der Waals surface area contributed by atoms with Crippen LogP contribution in [0, 0.1) is 5.41 Å². The Morgan fingerprint density at radius 2 is 2.10 bits per heavy atom. The van der Waals surface area contributed by atoms with E-state index in [1.54, 1.807) is 0 Å². The Balaban J connectivity index is 2.29. The molecule has 1 aliphatic rings. The van der Waals surface area contributed by atoms with E-state index in [-0.39, 0.29) is 22.5 Å². The average Bonchev–Trinajstić information content (AvgIpc) is 2.88. The highest BCUT2D eigenvalue weighted by Gasteiger charge is 2.33. The number of carbonyl (C=O) groups is 1. The smallest absolute Gasteiger partial charge is 0.340 e. The summed E-state index contributed by atoms with van der Waals surface area (Å²) in [6, 6.07) is 0. The van der Waals surface area contributed by atoms with Gasteiger partial charge in [-0.2, -0.15) is 9.40 Å². The third-order valence-electron chi connectivity index (χ3n) is 3.57. The van der Waals surface area contributed by atoms with Crippen LogP contribution in [0.5, 0.6) is 0 Å². The lowest BCUT2D eigenvalue weighted by molar-refractivity contribution is 0.0692. The minimum atomic E-state index is -3.87. The molecule has 0 radical (unpaired) electrons. The van der Waals surface area contributed by atoms with Gasteiger partial charge in [0.15, 0.2) is 5.03 Å². The molecule has 0 amide bonds. The highest BCUT2D eigenvalue weighted by Crippen LogP contribution is 2.31. The molecule has 0 saturated heterocycles. The molecule has 1 aromatic heterocycles. The van der Waals surface area contributed by atoms with E-state index in [4.69, 9.17) is 5.11 Å². The Morgan fingerprint density at radius 3 is 2.57 bits per heavy atom. The van der Waals surface area contributed by atoms with Gasteiger partial charge in [-0.05, 0) is 11.8 Å². The largest absolute Gasteiger partial charge is 0.478 e. The molecule has 8 heteroatoms. The second-order valence-electron chi connectivity index (χ2n) is 6.01. The third kappa shape index (κ3) is 3.01. The summed E-state index contributed by atoms with van der Waals surface area (Å²) >= 11 is 0. The molecule has 21 heavy (non-hydrogen) atoms. The van der Waals surface area contributed by atoms with Gasteiger partial charge in [0.2, 0.25) is 0 Å². The molecule has 2 heterocycles. The van der Waals surface area contributed by atoms with Gasteiger partial charge in [-0.15, -0.1) is 0 Å². The Kier molecular flexibility index (Phi) is 3.94. The van der Waals surface area contributed by atoms with Gasteiger partial charge in [-0.25, -0.2) is 13.2 Å². The van der Waals surface area contributed by atoms with Crippen molar-refractivity contribution < 1.29 is 18.3 Å². The van der Waals surface area contributed by atoms with E-state index < -0.39 is 16.0 Å². The van der Waals surface area contributed by atoms with Crippen molar-refractivity contribution in [2.75, 3.05) is 13.1 Å². The van der Waals surface area contributed by atoms with Gasteiger partial charge < -0.3 is 5.11 Å². The van der Waals surface area contributed by atoms with Crippen molar-refractivity contribution in [1.82, 2.24) is 14.5 Å². The van der Waals surface area contributed by atoms with Crippen molar-refractivity contribution in [2.24, 2.45) is 5.41 Å². The quantitative estimate of drug-likeness (QED) is 0.823. The first-order chi connectivity index (χ1) is 9.64. The average molecular weight is 313 g/mol. The molecular weight excluding hydrogens is 294 g/mol. The number of aromatic amines is 1. The summed E-state index contributed by atoms with van der Waals surface area (Å²) in [6.07, 6.45) is 3.55. The zero-order valence-corrected chi connectivity index (χ0v) is 13.1. The maximum absolute atomic E-state index is 12.5. The molecule has 0 bridgehead atoms. The third-order valence-corrected chi connectivity index (χ3v) is 5.41. The molecule has 116 valence electrons. The number of carboxylic acid groups (broad SMARTS) is 1. The Morgan fingerprint density at radius 1 is 1.43 bits per heavy atom. The van der Waals surface area contributed by atoms with E-state index in [0.717, 1.165) is 6.20 Å². The predicted molar refractivity (Wildman–Crippen MR) is 76.5 cm³/mol. The van der Waals surface area contributed by atoms with E-state index in [0.29, 0.717) is 13.0 Å². The molecule has 1 aliphatic heterocycles. The normalized spacial score (nSPS) is 17.6. The van der Waals surface area contributed by atoms with Crippen LogP contribution in [0.25, 0.3) is 0 Å². The van der Waals surface area contributed by atoms with E-state index in [2.05, 4.69) is 31.0 Å². The molecule has 0 unspecified atom stereocenters. The van der Waals surface area contributed by atoms with Gasteiger partial charge in [0.1, 0.15) is 5.56 Å². The zero-order valence-electron chi connectivity index (χ0n) is 12.3. The lowest BCUT2D eigenvalue weighted by atomic mass is 9.83. The zero-order chi connectivity index (χ0) is 15.8. The number of hydrogen-bond acceptors (Lipinski definition) is 4. The number of rotatable bonds is 3. The first-order valence-corrected chi connectivity index (χ1v) is 8.04. The van der Waals surface area contributed by atoms with Gasteiger partial charge in [-0.1, -0.05) is 32.4 Å². The monoisotopic (exact) mass is 313 g/mol. The van der Waals surface area contributed by atoms with Crippen molar-refractivity contribution in [3.05, 3.63) is 23.4 Å². The molecule has 2 N–H and O–H groups in total. The van der Waals surface area contributed by atoms with Crippen LogP contribution in [0.4, 0.5) is 0 Å². The van der Waals surface area contributed by atoms with Crippen LogP contribution < -0.4 is 0 Å². The summed E-state index contributed by atoms with van der Waals surface area (Å²) in [7, 11) is -3.87. The standard InChI is InChI=1S/C13H19N3O4S/c1-13(2,3)9-4-6-16(7-5-9)21(19,20)11-10(12(17)18)8-14-15-11/h4,8H,5-7H2,1-3H3,(H,14,15)(H,17,18). The van der Waals surface area contributed by atoms with Crippen molar-refractivity contribution in [3.63, 3.8) is 0 Å². The van der Waals surface area contributed by atoms with Crippen LogP contribution >= 0.6 is 0 Å². The van der Waals surface area contributed by atoms with Crippen LogP contribution in [0.1, 0.15) is 37.6 Å². The fraction of sp³-hybridized carbons (Fsp3) is 0.538. The molecule has 0 saturated carbocycles.